The van der Waals surface area contributed by atoms with Crippen molar-refractivity contribution in [2.45, 2.75) is 96.8 Å². The topological polar surface area (TPSA) is 0 Å². The van der Waals surface area contributed by atoms with Crippen LogP contribution in [0.25, 0.3) is 0 Å². The number of thiol groups is 1. The van der Waals surface area contributed by atoms with Crippen LogP contribution in [0.4, 0.5) is 0 Å². The van der Waals surface area contributed by atoms with Gasteiger partial charge in [-0.2, -0.15) is 0 Å². The maximum Gasteiger partial charge on any atom is 0.00975 e. The molecule has 0 unspecified atom stereocenters. The highest BCUT2D eigenvalue weighted by atomic mass is 32.1. The lowest BCUT2D eigenvalue weighted by Crippen LogP contribution is -1.82. The minimum absolute atomic E-state index is 1.03. The molecule has 0 bridgehead atoms. The molecule has 0 spiro atoms. The summed E-state index contributed by atoms with van der Waals surface area (Å²) in [5, 5.41) is 2.66. The van der Waals surface area contributed by atoms with Gasteiger partial charge in [0.2, 0.25) is 0 Å². The van der Waals surface area contributed by atoms with Crippen LogP contribution in [0.1, 0.15) is 96.8 Å². The molecule has 1 heteroatoms. The van der Waals surface area contributed by atoms with E-state index in [0.717, 1.165) is 6.42 Å². The van der Waals surface area contributed by atoms with Gasteiger partial charge in [-0.15, -0.1) is 0 Å². The number of unbranched alkanes of at least 4 members (excludes halogenated alkanes) is 13. The average Bonchev–Trinajstić information content (AvgIpc) is 2.39. The van der Waals surface area contributed by atoms with Gasteiger partial charge in [0, 0.05) is 6.42 Å². The molecule has 0 aliphatic heterocycles. The van der Waals surface area contributed by atoms with E-state index < -0.39 is 0 Å². The molecule has 18 heavy (non-hydrogen) atoms. The quantitative estimate of drug-likeness (QED) is 0.224. The molecule has 0 aliphatic carbocycles. The third-order valence-electron chi connectivity index (χ3n) is 3.48. The number of hydrogen-bond donors (Lipinski definition) is 1. The van der Waals surface area contributed by atoms with Gasteiger partial charge in [0.15, 0.2) is 0 Å². The van der Waals surface area contributed by atoms with Crippen molar-refractivity contribution in [2.75, 3.05) is 0 Å². The normalized spacial score (nSPS) is 10.1. The van der Waals surface area contributed by atoms with Gasteiger partial charge in [0.25, 0.3) is 0 Å². The lowest BCUT2D eigenvalue weighted by atomic mass is 10.0. The first-order valence-corrected chi connectivity index (χ1v) is 8.48. The van der Waals surface area contributed by atoms with E-state index in [-0.39, 0.29) is 0 Å². The second-order valence-electron chi connectivity index (χ2n) is 5.28. The van der Waals surface area contributed by atoms with E-state index in [1.165, 1.54) is 83.5 Å². The van der Waals surface area contributed by atoms with Crippen LogP contribution in [0.5, 0.6) is 0 Å². The van der Waals surface area contributed by atoms with Crippen molar-refractivity contribution in [3.05, 3.63) is 0 Å². The summed E-state index contributed by atoms with van der Waals surface area (Å²) in [6, 6.07) is 0. The summed E-state index contributed by atoms with van der Waals surface area (Å²) in [6.07, 6.45) is 19.4. The van der Waals surface area contributed by atoms with Crippen LogP contribution in [0.15, 0.2) is 0 Å². The van der Waals surface area contributed by atoms with Crippen LogP contribution in [0, 0.1) is 11.2 Å². The first-order chi connectivity index (χ1) is 8.91. The molecular formula is C17H32S. The van der Waals surface area contributed by atoms with Gasteiger partial charge in [-0.3, -0.25) is 0 Å². The second-order valence-corrected chi connectivity index (χ2v) is 5.50. The van der Waals surface area contributed by atoms with Gasteiger partial charge in [-0.25, -0.2) is 0 Å². The molecule has 0 heterocycles. The van der Waals surface area contributed by atoms with Crippen molar-refractivity contribution in [3.8, 4) is 11.2 Å². The summed E-state index contributed by atoms with van der Waals surface area (Å²) in [4.78, 5) is 0. The largest absolute Gasteiger partial charge is 0.0922 e. The Hall–Kier alpha value is -0.0900. The van der Waals surface area contributed by atoms with Gasteiger partial charge in [0.1, 0.15) is 0 Å². The van der Waals surface area contributed by atoms with E-state index in [1.54, 1.807) is 0 Å². The zero-order chi connectivity index (χ0) is 13.3. The van der Waals surface area contributed by atoms with E-state index in [9.17, 15) is 0 Å². The molecular weight excluding hydrogens is 236 g/mol. The van der Waals surface area contributed by atoms with Crippen molar-refractivity contribution in [1.82, 2.24) is 0 Å². The SMILES string of the molecule is CCCCCCCCCCCCCCCC#CS. The molecule has 0 aliphatic rings. The maximum atomic E-state index is 3.88. The van der Waals surface area contributed by atoms with Crippen LogP contribution >= 0.6 is 12.6 Å². The summed E-state index contributed by atoms with van der Waals surface area (Å²) in [5.74, 6) is 3.00. The smallest absolute Gasteiger partial charge is 0.00975 e. The lowest BCUT2D eigenvalue weighted by molar-refractivity contribution is 0.540. The number of rotatable bonds is 13. The van der Waals surface area contributed by atoms with Crippen molar-refractivity contribution >= 4 is 12.6 Å². The van der Waals surface area contributed by atoms with Crippen LogP contribution in [0.3, 0.4) is 0 Å². The highest BCUT2D eigenvalue weighted by Crippen LogP contribution is 2.12. The third-order valence-corrected chi connectivity index (χ3v) is 3.64. The Bertz CT molecular complexity index is 199. The Morgan fingerprint density at radius 2 is 1.00 bits per heavy atom. The fourth-order valence-electron chi connectivity index (χ4n) is 2.29. The average molecular weight is 269 g/mol. The molecule has 0 saturated heterocycles. The third kappa shape index (κ3) is 15.9. The zero-order valence-electron chi connectivity index (χ0n) is 12.3. The minimum Gasteiger partial charge on any atom is -0.0922 e. The molecule has 0 nitrogen and oxygen atoms in total. The highest BCUT2D eigenvalue weighted by molar-refractivity contribution is 7.85. The first-order valence-electron chi connectivity index (χ1n) is 8.03. The first kappa shape index (κ1) is 17.9. The Labute approximate surface area is 121 Å². The number of hydrogen-bond acceptors (Lipinski definition) is 1. The van der Waals surface area contributed by atoms with Gasteiger partial charge < -0.3 is 0 Å². The summed E-state index contributed by atoms with van der Waals surface area (Å²) >= 11 is 3.88. The minimum atomic E-state index is 1.03. The molecule has 0 rings (SSSR count). The molecule has 0 radical (unpaired) electrons. The fraction of sp³-hybridized carbons (Fsp3) is 0.882. The Morgan fingerprint density at radius 3 is 1.39 bits per heavy atom. The molecule has 0 saturated carbocycles. The molecule has 0 atom stereocenters. The van der Waals surface area contributed by atoms with Crippen LogP contribution in [0.2, 0.25) is 0 Å². The predicted molar refractivity (Wildman–Crippen MR) is 87.1 cm³/mol. The van der Waals surface area contributed by atoms with Gasteiger partial charge in [-0.1, -0.05) is 103 Å². The van der Waals surface area contributed by atoms with E-state index in [4.69, 9.17) is 0 Å². The van der Waals surface area contributed by atoms with E-state index in [2.05, 4.69) is 30.7 Å². The molecule has 0 amide bonds. The van der Waals surface area contributed by atoms with Gasteiger partial charge in [0.05, 0.1) is 0 Å². The summed E-state index contributed by atoms with van der Waals surface area (Å²) in [6.45, 7) is 2.28. The standard InChI is InChI=1S/C17H32S/c1-2-3-4-5-6-7-8-9-10-11-12-13-14-15-16-17-18/h18H,2-15H2,1H3. The second kappa shape index (κ2) is 16.9. The Kier molecular flexibility index (Phi) is 16.8. The van der Waals surface area contributed by atoms with Crippen molar-refractivity contribution in [3.63, 3.8) is 0 Å². The van der Waals surface area contributed by atoms with Crippen molar-refractivity contribution in [2.24, 2.45) is 0 Å². The Balaban J connectivity index is 2.92. The van der Waals surface area contributed by atoms with E-state index >= 15 is 0 Å². The van der Waals surface area contributed by atoms with Crippen LogP contribution < -0.4 is 0 Å². The zero-order valence-corrected chi connectivity index (χ0v) is 13.2. The molecule has 0 aromatic rings. The van der Waals surface area contributed by atoms with E-state index in [0.29, 0.717) is 0 Å². The van der Waals surface area contributed by atoms with Gasteiger partial charge >= 0.3 is 0 Å². The fourth-order valence-corrected chi connectivity index (χ4v) is 2.40. The molecule has 106 valence electrons. The lowest BCUT2D eigenvalue weighted by Gasteiger charge is -2.02. The van der Waals surface area contributed by atoms with Crippen LogP contribution in [-0.2, 0) is 0 Å². The summed E-state index contributed by atoms with van der Waals surface area (Å²) < 4.78 is 0. The Morgan fingerprint density at radius 1 is 0.611 bits per heavy atom. The summed E-state index contributed by atoms with van der Waals surface area (Å²) in [5.41, 5.74) is 0. The summed E-state index contributed by atoms with van der Waals surface area (Å²) in [7, 11) is 0. The van der Waals surface area contributed by atoms with Crippen molar-refractivity contribution in [1.29, 1.82) is 0 Å². The molecule has 0 aromatic heterocycles. The van der Waals surface area contributed by atoms with Crippen LogP contribution in [-0.4, -0.2) is 0 Å². The predicted octanol–water partition coefficient (Wildman–Crippen LogP) is 6.36. The van der Waals surface area contributed by atoms with E-state index in [1.807, 2.05) is 0 Å². The monoisotopic (exact) mass is 268 g/mol. The van der Waals surface area contributed by atoms with Crippen molar-refractivity contribution < 1.29 is 0 Å². The molecule has 0 N–H and O–H groups in total. The van der Waals surface area contributed by atoms with Gasteiger partial charge in [-0.05, 0) is 11.7 Å². The molecule has 0 aromatic carbocycles. The highest BCUT2D eigenvalue weighted by Gasteiger charge is 1.93. The maximum absolute atomic E-state index is 3.88. The molecule has 0 fully saturated rings.